The Balaban J connectivity index is 3.59. The summed E-state index contributed by atoms with van der Waals surface area (Å²) in [6.45, 7) is 4.37. The molecule has 0 heterocycles. The first-order valence-corrected chi connectivity index (χ1v) is 6.51. The van der Waals surface area contributed by atoms with Crippen LogP contribution in [0.3, 0.4) is 0 Å². The van der Waals surface area contributed by atoms with Crippen LogP contribution in [0.25, 0.3) is 0 Å². The van der Waals surface area contributed by atoms with Crippen molar-refractivity contribution in [2.45, 2.75) is 26.3 Å². The molecule has 0 saturated carbocycles. The molecule has 0 aromatic carbocycles. The van der Waals surface area contributed by atoms with E-state index in [1.807, 2.05) is 13.8 Å². The van der Waals surface area contributed by atoms with E-state index in [9.17, 15) is 9.00 Å². The van der Waals surface area contributed by atoms with E-state index in [0.29, 0.717) is 12.3 Å². The lowest BCUT2D eigenvalue weighted by atomic mass is 10.1. The molecule has 0 aliphatic heterocycles. The normalized spacial score (nSPS) is 15.2. The number of carbonyl (C=O) groups is 1. The quantitative estimate of drug-likeness (QED) is 0.612. The predicted molar refractivity (Wildman–Crippen MR) is 59.4 cm³/mol. The van der Waals surface area contributed by atoms with Crippen molar-refractivity contribution in [3.05, 3.63) is 0 Å². The van der Waals surface area contributed by atoms with Gasteiger partial charge in [0.05, 0.1) is 6.04 Å². The van der Waals surface area contributed by atoms with Crippen LogP contribution >= 0.6 is 0 Å². The monoisotopic (exact) mass is 220 g/mol. The summed E-state index contributed by atoms with van der Waals surface area (Å²) < 4.78 is 10.7. The van der Waals surface area contributed by atoms with Gasteiger partial charge in [0.15, 0.2) is 0 Å². The van der Waals surface area contributed by atoms with Crippen LogP contribution in [0.5, 0.6) is 0 Å². The summed E-state index contributed by atoms with van der Waals surface area (Å²) >= 11 is 0. The fourth-order valence-electron chi connectivity index (χ4n) is 0.908. The molecule has 0 aromatic rings. The van der Waals surface area contributed by atoms with Crippen molar-refractivity contribution in [1.29, 1.82) is 0 Å². The van der Waals surface area contributed by atoms with Crippen LogP contribution in [0.15, 0.2) is 0 Å². The van der Waals surface area contributed by atoms with Gasteiger partial charge in [0.1, 0.15) is 0 Å². The van der Waals surface area contributed by atoms with Crippen LogP contribution in [-0.4, -0.2) is 34.7 Å². The Labute approximate surface area is 88.1 Å². The summed E-state index contributed by atoms with van der Waals surface area (Å²) in [4.78, 5) is 11.3. The maximum atomic E-state index is 11.3. The summed E-state index contributed by atoms with van der Waals surface area (Å²) in [5, 5.41) is 2.72. The van der Waals surface area contributed by atoms with Gasteiger partial charge < -0.3 is 11.1 Å². The summed E-state index contributed by atoms with van der Waals surface area (Å²) in [6, 6.07) is -0.442. The first kappa shape index (κ1) is 13.6. The first-order valence-electron chi connectivity index (χ1n) is 4.78. The van der Waals surface area contributed by atoms with E-state index >= 15 is 0 Å². The van der Waals surface area contributed by atoms with Crippen LogP contribution in [0.4, 0.5) is 0 Å². The first-order chi connectivity index (χ1) is 6.45. The Morgan fingerprint density at radius 2 is 2.07 bits per heavy atom. The molecule has 84 valence electrons. The number of amides is 1. The largest absolute Gasteiger partial charge is 0.355 e. The number of hydrogen-bond donors (Lipinski definition) is 2. The SMILES string of the molecule is CC(C)[C@H](N)C(=O)NCCCS(C)=O. The smallest absolute Gasteiger partial charge is 0.237 e. The van der Waals surface area contributed by atoms with Crippen molar-refractivity contribution in [1.82, 2.24) is 5.32 Å². The van der Waals surface area contributed by atoms with Crippen LogP contribution in [0.1, 0.15) is 20.3 Å². The third-order valence-electron chi connectivity index (χ3n) is 1.93. The molecular weight excluding hydrogens is 200 g/mol. The van der Waals surface area contributed by atoms with Gasteiger partial charge in [0.2, 0.25) is 5.91 Å². The highest BCUT2D eigenvalue weighted by atomic mass is 32.2. The summed E-state index contributed by atoms with van der Waals surface area (Å²) in [5.41, 5.74) is 5.63. The van der Waals surface area contributed by atoms with Crippen LogP contribution < -0.4 is 11.1 Å². The molecule has 0 rings (SSSR count). The van der Waals surface area contributed by atoms with Gasteiger partial charge in [0.25, 0.3) is 0 Å². The van der Waals surface area contributed by atoms with Gasteiger partial charge in [0, 0.05) is 29.4 Å². The molecule has 1 amide bonds. The molecular formula is C9H20N2O2S. The minimum atomic E-state index is -0.782. The Morgan fingerprint density at radius 3 is 2.50 bits per heavy atom. The second kappa shape index (κ2) is 6.95. The topological polar surface area (TPSA) is 72.2 Å². The van der Waals surface area contributed by atoms with Crippen molar-refractivity contribution < 1.29 is 9.00 Å². The number of nitrogens with two attached hydrogens (primary N) is 1. The molecule has 0 radical (unpaired) electrons. The maximum absolute atomic E-state index is 11.3. The molecule has 5 heteroatoms. The molecule has 14 heavy (non-hydrogen) atoms. The Kier molecular flexibility index (Phi) is 6.74. The highest BCUT2D eigenvalue weighted by Gasteiger charge is 2.15. The average molecular weight is 220 g/mol. The van der Waals surface area contributed by atoms with E-state index in [2.05, 4.69) is 5.32 Å². The van der Waals surface area contributed by atoms with E-state index in [1.54, 1.807) is 6.26 Å². The Morgan fingerprint density at radius 1 is 1.50 bits per heavy atom. The zero-order valence-corrected chi connectivity index (χ0v) is 9.89. The minimum absolute atomic E-state index is 0.123. The van der Waals surface area contributed by atoms with Crippen LogP contribution in [0.2, 0.25) is 0 Å². The fourth-order valence-corrected chi connectivity index (χ4v) is 1.46. The molecule has 0 fully saturated rings. The lowest BCUT2D eigenvalue weighted by Crippen LogP contribution is -2.44. The molecule has 4 nitrogen and oxygen atoms in total. The van der Waals surface area contributed by atoms with Crippen molar-refractivity contribution in [3.63, 3.8) is 0 Å². The summed E-state index contributed by atoms with van der Waals surface area (Å²) in [7, 11) is -0.782. The van der Waals surface area contributed by atoms with Crippen molar-refractivity contribution in [2.24, 2.45) is 11.7 Å². The number of hydrogen-bond acceptors (Lipinski definition) is 3. The zero-order valence-electron chi connectivity index (χ0n) is 9.08. The minimum Gasteiger partial charge on any atom is -0.355 e. The standard InChI is InChI=1S/C9H20N2O2S/c1-7(2)8(10)9(12)11-5-4-6-14(3)13/h7-8H,4-6,10H2,1-3H3,(H,11,12)/t8-,14?/m0/s1. The average Bonchev–Trinajstić information content (AvgIpc) is 2.10. The molecule has 0 aromatic heterocycles. The van der Waals surface area contributed by atoms with Gasteiger partial charge in [-0.25, -0.2) is 0 Å². The summed E-state index contributed by atoms with van der Waals surface area (Å²) in [6.07, 6.45) is 2.39. The van der Waals surface area contributed by atoms with Gasteiger partial charge in [-0.05, 0) is 12.3 Å². The lowest BCUT2D eigenvalue weighted by molar-refractivity contribution is -0.123. The van der Waals surface area contributed by atoms with E-state index < -0.39 is 16.8 Å². The molecule has 3 N–H and O–H groups in total. The summed E-state index contributed by atoms with van der Waals surface area (Å²) in [5.74, 6) is 0.647. The van der Waals surface area contributed by atoms with Crippen molar-refractivity contribution >= 4 is 16.7 Å². The predicted octanol–water partition coefficient (Wildman–Crippen LogP) is -0.145. The van der Waals surface area contributed by atoms with E-state index in [0.717, 1.165) is 6.42 Å². The van der Waals surface area contributed by atoms with Gasteiger partial charge in [-0.15, -0.1) is 0 Å². The number of carbonyl (C=O) groups excluding carboxylic acids is 1. The highest BCUT2D eigenvalue weighted by Crippen LogP contribution is 1.97. The maximum Gasteiger partial charge on any atom is 0.237 e. The third kappa shape index (κ3) is 6.10. The highest BCUT2D eigenvalue weighted by molar-refractivity contribution is 7.84. The molecule has 0 spiro atoms. The molecule has 1 unspecified atom stereocenters. The van der Waals surface area contributed by atoms with Gasteiger partial charge >= 0.3 is 0 Å². The Hall–Kier alpha value is -0.420. The van der Waals surface area contributed by atoms with Gasteiger partial charge in [-0.3, -0.25) is 9.00 Å². The van der Waals surface area contributed by atoms with E-state index in [-0.39, 0.29) is 11.8 Å². The Bertz CT molecular complexity index is 207. The molecule has 0 aliphatic carbocycles. The van der Waals surface area contributed by atoms with Crippen LogP contribution in [-0.2, 0) is 15.6 Å². The number of nitrogens with one attached hydrogen (secondary N) is 1. The van der Waals surface area contributed by atoms with Crippen molar-refractivity contribution in [3.8, 4) is 0 Å². The van der Waals surface area contributed by atoms with Crippen LogP contribution in [0, 0.1) is 5.92 Å². The molecule has 0 bridgehead atoms. The van der Waals surface area contributed by atoms with Gasteiger partial charge in [-0.1, -0.05) is 13.8 Å². The van der Waals surface area contributed by atoms with Crippen molar-refractivity contribution in [2.75, 3.05) is 18.6 Å². The van der Waals surface area contributed by atoms with E-state index in [1.165, 1.54) is 0 Å². The third-order valence-corrected chi connectivity index (χ3v) is 2.79. The second-order valence-corrected chi connectivity index (χ2v) is 5.25. The van der Waals surface area contributed by atoms with Gasteiger partial charge in [-0.2, -0.15) is 0 Å². The lowest BCUT2D eigenvalue weighted by Gasteiger charge is -2.14. The molecule has 2 atom stereocenters. The second-order valence-electron chi connectivity index (χ2n) is 3.69. The molecule has 0 aliphatic rings. The zero-order chi connectivity index (χ0) is 11.1. The molecule has 0 saturated heterocycles. The van der Waals surface area contributed by atoms with E-state index in [4.69, 9.17) is 5.73 Å². The fraction of sp³-hybridized carbons (Fsp3) is 0.889. The number of rotatable bonds is 6.